The molecule has 1 rings (SSSR count). The lowest BCUT2D eigenvalue weighted by atomic mass is 9.94. The molecule has 0 unspecified atom stereocenters. The van der Waals surface area contributed by atoms with Crippen LogP contribution < -0.4 is 10.6 Å². The minimum atomic E-state index is 0.613. The molecule has 5 nitrogen and oxygen atoms in total. The molecule has 22 heavy (non-hydrogen) atoms. The molecule has 0 radical (unpaired) electrons. The third kappa shape index (κ3) is 9.26. The number of aliphatic imine (C=N–C) groups is 1. The highest BCUT2D eigenvalue weighted by atomic mass is 16.5. The van der Waals surface area contributed by atoms with Gasteiger partial charge < -0.3 is 20.3 Å². The molecular weight excluding hydrogens is 276 g/mol. The van der Waals surface area contributed by atoms with Gasteiger partial charge in [0.2, 0.25) is 0 Å². The second kappa shape index (κ2) is 11.7. The molecule has 0 aromatic carbocycles. The van der Waals surface area contributed by atoms with Crippen LogP contribution in [0.3, 0.4) is 0 Å². The van der Waals surface area contributed by atoms with Crippen molar-refractivity contribution < 1.29 is 4.74 Å². The van der Waals surface area contributed by atoms with Crippen LogP contribution >= 0.6 is 0 Å². The lowest BCUT2D eigenvalue weighted by Crippen LogP contribution is -2.39. The zero-order valence-electron chi connectivity index (χ0n) is 15.0. The first kappa shape index (κ1) is 19.2. The Balaban J connectivity index is 2.00. The minimum absolute atomic E-state index is 0.613. The molecule has 0 aromatic heterocycles. The highest BCUT2D eigenvalue weighted by Gasteiger charge is 2.16. The quantitative estimate of drug-likeness (QED) is 0.388. The van der Waals surface area contributed by atoms with Crippen LogP contribution in [0.1, 0.15) is 39.5 Å². The van der Waals surface area contributed by atoms with E-state index in [9.17, 15) is 0 Å². The van der Waals surface area contributed by atoms with Crippen LogP contribution in [0.25, 0.3) is 0 Å². The highest BCUT2D eigenvalue weighted by Crippen LogP contribution is 2.18. The number of hydrogen-bond acceptors (Lipinski definition) is 3. The third-order valence-corrected chi connectivity index (χ3v) is 4.12. The van der Waals surface area contributed by atoms with E-state index >= 15 is 0 Å². The molecule has 1 fully saturated rings. The van der Waals surface area contributed by atoms with Crippen molar-refractivity contribution in [1.29, 1.82) is 0 Å². The molecule has 0 atom stereocenters. The first-order valence-corrected chi connectivity index (χ1v) is 8.82. The van der Waals surface area contributed by atoms with Gasteiger partial charge in [0.1, 0.15) is 0 Å². The molecule has 0 amide bonds. The lowest BCUT2D eigenvalue weighted by Gasteiger charge is -2.29. The van der Waals surface area contributed by atoms with Gasteiger partial charge in [-0.15, -0.1) is 0 Å². The van der Waals surface area contributed by atoms with E-state index in [0.29, 0.717) is 5.92 Å². The lowest BCUT2D eigenvalue weighted by molar-refractivity contribution is 0.108. The van der Waals surface area contributed by atoms with Crippen molar-refractivity contribution in [3.8, 4) is 0 Å². The van der Waals surface area contributed by atoms with E-state index in [1.54, 1.807) is 0 Å². The standard InChI is InChI=1S/C17H36N4O/c1-15(2)14-22-13-5-9-19-17(18-3)20-10-6-16-7-11-21(4)12-8-16/h15-16H,5-14H2,1-4H3,(H2,18,19,20). The number of nitrogens with one attached hydrogen (secondary N) is 2. The fourth-order valence-electron chi connectivity index (χ4n) is 2.67. The summed E-state index contributed by atoms with van der Waals surface area (Å²) in [6.45, 7) is 10.4. The molecule has 0 spiro atoms. The SMILES string of the molecule is CN=C(NCCCOCC(C)C)NCCC1CCN(C)CC1. The van der Waals surface area contributed by atoms with E-state index < -0.39 is 0 Å². The van der Waals surface area contributed by atoms with E-state index in [0.717, 1.165) is 44.6 Å². The Morgan fingerprint density at radius 3 is 2.55 bits per heavy atom. The minimum Gasteiger partial charge on any atom is -0.381 e. The summed E-state index contributed by atoms with van der Waals surface area (Å²) in [6, 6.07) is 0. The molecule has 0 bridgehead atoms. The van der Waals surface area contributed by atoms with Gasteiger partial charge >= 0.3 is 0 Å². The Morgan fingerprint density at radius 2 is 1.91 bits per heavy atom. The maximum absolute atomic E-state index is 5.58. The van der Waals surface area contributed by atoms with E-state index in [2.05, 4.69) is 41.4 Å². The van der Waals surface area contributed by atoms with E-state index in [-0.39, 0.29) is 0 Å². The molecule has 1 heterocycles. The Hall–Kier alpha value is -0.810. The molecule has 1 saturated heterocycles. The van der Waals surface area contributed by atoms with Gasteiger partial charge in [-0.05, 0) is 57.7 Å². The fraction of sp³-hybridized carbons (Fsp3) is 0.941. The van der Waals surface area contributed by atoms with Gasteiger partial charge in [0, 0.05) is 33.4 Å². The normalized spacial score (nSPS) is 18.0. The Kier molecular flexibility index (Phi) is 10.2. The number of likely N-dealkylation sites (tertiary alicyclic amines) is 1. The largest absolute Gasteiger partial charge is 0.381 e. The predicted octanol–water partition coefficient (Wildman–Crippen LogP) is 1.95. The second-order valence-electron chi connectivity index (χ2n) is 6.78. The van der Waals surface area contributed by atoms with Crippen molar-refractivity contribution in [1.82, 2.24) is 15.5 Å². The Labute approximate surface area is 136 Å². The first-order valence-electron chi connectivity index (χ1n) is 8.82. The molecule has 1 aliphatic heterocycles. The molecule has 130 valence electrons. The molecule has 0 aromatic rings. The van der Waals surface area contributed by atoms with E-state index in [4.69, 9.17) is 4.74 Å². The smallest absolute Gasteiger partial charge is 0.190 e. The summed E-state index contributed by atoms with van der Waals surface area (Å²) in [5.74, 6) is 2.39. The maximum atomic E-state index is 5.58. The van der Waals surface area contributed by atoms with Gasteiger partial charge in [0.15, 0.2) is 5.96 Å². The van der Waals surface area contributed by atoms with Crippen molar-refractivity contribution >= 4 is 5.96 Å². The summed E-state index contributed by atoms with van der Waals surface area (Å²) in [4.78, 5) is 6.70. The first-order chi connectivity index (χ1) is 10.6. The monoisotopic (exact) mass is 312 g/mol. The van der Waals surface area contributed by atoms with Crippen LogP contribution in [0, 0.1) is 11.8 Å². The van der Waals surface area contributed by atoms with Crippen LogP contribution in [-0.4, -0.2) is 64.3 Å². The number of piperidine rings is 1. The van der Waals surface area contributed by atoms with Gasteiger partial charge in [-0.2, -0.15) is 0 Å². The second-order valence-corrected chi connectivity index (χ2v) is 6.78. The molecule has 0 saturated carbocycles. The summed E-state index contributed by atoms with van der Waals surface area (Å²) < 4.78 is 5.58. The van der Waals surface area contributed by atoms with Gasteiger partial charge in [-0.25, -0.2) is 0 Å². The van der Waals surface area contributed by atoms with Crippen molar-refractivity contribution in [2.45, 2.75) is 39.5 Å². The van der Waals surface area contributed by atoms with Crippen molar-refractivity contribution in [2.75, 3.05) is 53.5 Å². The summed E-state index contributed by atoms with van der Waals surface area (Å²) in [6.07, 6.45) is 4.92. The third-order valence-electron chi connectivity index (χ3n) is 4.12. The van der Waals surface area contributed by atoms with Gasteiger partial charge in [-0.3, -0.25) is 4.99 Å². The summed E-state index contributed by atoms with van der Waals surface area (Å²) in [7, 11) is 4.05. The molecule has 1 aliphatic rings. The van der Waals surface area contributed by atoms with Crippen LogP contribution in [0.5, 0.6) is 0 Å². The Bertz CT molecular complexity index is 299. The van der Waals surface area contributed by atoms with Crippen molar-refractivity contribution in [3.63, 3.8) is 0 Å². The zero-order chi connectivity index (χ0) is 16.2. The van der Waals surface area contributed by atoms with E-state index in [1.165, 1.54) is 32.4 Å². The van der Waals surface area contributed by atoms with Crippen LogP contribution in [0.2, 0.25) is 0 Å². The highest BCUT2D eigenvalue weighted by molar-refractivity contribution is 5.79. The Morgan fingerprint density at radius 1 is 1.23 bits per heavy atom. The van der Waals surface area contributed by atoms with Gasteiger partial charge in [0.25, 0.3) is 0 Å². The van der Waals surface area contributed by atoms with Gasteiger partial charge in [0.05, 0.1) is 0 Å². The number of hydrogen-bond donors (Lipinski definition) is 2. The topological polar surface area (TPSA) is 48.9 Å². The number of guanidine groups is 1. The molecule has 2 N–H and O–H groups in total. The number of ether oxygens (including phenoxy) is 1. The molecule has 0 aliphatic carbocycles. The molecular formula is C17H36N4O. The van der Waals surface area contributed by atoms with Crippen LogP contribution in [0.4, 0.5) is 0 Å². The average molecular weight is 313 g/mol. The summed E-state index contributed by atoms with van der Waals surface area (Å²) in [5, 5.41) is 6.77. The van der Waals surface area contributed by atoms with Crippen LogP contribution in [0.15, 0.2) is 4.99 Å². The average Bonchev–Trinajstić information content (AvgIpc) is 2.50. The van der Waals surface area contributed by atoms with Crippen molar-refractivity contribution in [2.24, 2.45) is 16.8 Å². The van der Waals surface area contributed by atoms with Crippen molar-refractivity contribution in [3.05, 3.63) is 0 Å². The van der Waals surface area contributed by atoms with E-state index in [1.807, 2.05) is 7.05 Å². The van der Waals surface area contributed by atoms with Gasteiger partial charge in [-0.1, -0.05) is 13.8 Å². The zero-order valence-corrected chi connectivity index (χ0v) is 15.0. The number of rotatable bonds is 9. The molecule has 5 heteroatoms. The number of nitrogens with zero attached hydrogens (tertiary/aromatic N) is 2. The van der Waals surface area contributed by atoms with Crippen LogP contribution in [-0.2, 0) is 4.74 Å². The summed E-state index contributed by atoms with van der Waals surface area (Å²) >= 11 is 0. The fourth-order valence-corrected chi connectivity index (χ4v) is 2.67. The maximum Gasteiger partial charge on any atom is 0.190 e. The summed E-state index contributed by atoms with van der Waals surface area (Å²) in [5.41, 5.74) is 0. The predicted molar refractivity (Wildman–Crippen MR) is 94.5 cm³/mol.